The molecule has 2 aliphatic rings. The molecular weight excluding hydrogens is 278 g/mol. The second kappa shape index (κ2) is 4.63. The molecule has 1 aromatic rings. The Bertz CT molecular complexity index is 663. The monoisotopic (exact) mass is 293 g/mol. The molecule has 0 unspecified atom stereocenters. The summed E-state index contributed by atoms with van der Waals surface area (Å²) in [4.78, 5) is 12.0. The van der Waals surface area contributed by atoms with Crippen molar-refractivity contribution in [2.24, 2.45) is 0 Å². The molecule has 1 saturated heterocycles. The molecule has 1 fully saturated rings. The van der Waals surface area contributed by atoms with E-state index in [2.05, 4.69) is 0 Å². The van der Waals surface area contributed by atoms with Crippen molar-refractivity contribution in [3.05, 3.63) is 42.0 Å². The molecule has 0 bridgehead atoms. The number of hydrogen-bond donors (Lipinski definition) is 0. The highest BCUT2D eigenvalue weighted by atomic mass is 32.2. The van der Waals surface area contributed by atoms with Gasteiger partial charge in [-0.3, -0.25) is 0 Å². The maximum Gasteiger partial charge on any atom is 0.424 e. The molecule has 0 aromatic heterocycles. The van der Waals surface area contributed by atoms with E-state index in [0.717, 1.165) is 16.3 Å². The minimum absolute atomic E-state index is 0.121. The van der Waals surface area contributed by atoms with Crippen molar-refractivity contribution < 1.29 is 17.9 Å². The van der Waals surface area contributed by atoms with Crippen molar-refractivity contribution in [3.8, 4) is 0 Å². The fourth-order valence-electron chi connectivity index (χ4n) is 2.56. The lowest BCUT2D eigenvalue weighted by atomic mass is 10.0. The minimum Gasteiger partial charge on any atom is -0.439 e. The van der Waals surface area contributed by atoms with Crippen molar-refractivity contribution in [2.45, 2.75) is 36.8 Å². The van der Waals surface area contributed by atoms with Crippen LogP contribution in [0.2, 0.25) is 0 Å². The summed E-state index contributed by atoms with van der Waals surface area (Å²) in [6.07, 6.45) is 3.77. The number of nitrogens with zero attached hydrogens (tertiary/aromatic N) is 1. The van der Waals surface area contributed by atoms with Crippen LogP contribution in [0.4, 0.5) is 4.79 Å². The van der Waals surface area contributed by atoms with Crippen molar-refractivity contribution in [2.75, 3.05) is 0 Å². The molecule has 0 N–H and O–H groups in total. The molecule has 6 heteroatoms. The summed E-state index contributed by atoms with van der Waals surface area (Å²) in [6.45, 7) is 1.88. The van der Waals surface area contributed by atoms with Crippen LogP contribution in [0.3, 0.4) is 0 Å². The fraction of sp³-hybridized carbons (Fsp3) is 0.357. The number of rotatable bonds is 2. The number of allylic oxidation sites excluding steroid dienone is 1. The van der Waals surface area contributed by atoms with Crippen LogP contribution in [0, 0.1) is 6.92 Å². The van der Waals surface area contributed by atoms with Gasteiger partial charge in [0.2, 0.25) is 0 Å². The Balaban J connectivity index is 2.00. The predicted octanol–water partition coefficient (Wildman–Crippen LogP) is 2.22. The van der Waals surface area contributed by atoms with Gasteiger partial charge in [0, 0.05) is 0 Å². The number of ether oxygens (including phenoxy) is 1. The zero-order chi connectivity index (χ0) is 14.3. The number of sulfonamides is 1. The quantitative estimate of drug-likeness (QED) is 0.784. The number of aryl methyl sites for hydroxylation is 1. The fourth-order valence-corrected chi connectivity index (χ4v) is 4.09. The summed E-state index contributed by atoms with van der Waals surface area (Å²) in [5, 5.41) is 0. The van der Waals surface area contributed by atoms with Crippen molar-refractivity contribution in [3.63, 3.8) is 0 Å². The van der Waals surface area contributed by atoms with E-state index in [1.165, 1.54) is 12.1 Å². The first-order valence-corrected chi connectivity index (χ1v) is 7.92. The van der Waals surface area contributed by atoms with Crippen LogP contribution in [0.25, 0.3) is 0 Å². The normalized spacial score (nSPS) is 25.4. The highest BCUT2D eigenvalue weighted by Crippen LogP contribution is 2.32. The zero-order valence-electron chi connectivity index (χ0n) is 11.0. The first-order chi connectivity index (χ1) is 9.50. The van der Waals surface area contributed by atoms with E-state index in [9.17, 15) is 13.2 Å². The van der Waals surface area contributed by atoms with Gasteiger partial charge in [-0.15, -0.1) is 0 Å². The molecule has 1 heterocycles. The Hall–Kier alpha value is -1.82. The van der Waals surface area contributed by atoms with Gasteiger partial charge in [-0.25, -0.2) is 13.2 Å². The number of carbonyl (C=O) groups excluding carboxylic acids is 1. The molecule has 0 radical (unpaired) electrons. The molecule has 2 atom stereocenters. The van der Waals surface area contributed by atoms with E-state index in [-0.39, 0.29) is 4.90 Å². The average Bonchev–Trinajstić information content (AvgIpc) is 2.75. The molecule has 106 valence electrons. The van der Waals surface area contributed by atoms with Gasteiger partial charge in [-0.2, -0.15) is 4.31 Å². The van der Waals surface area contributed by atoms with Crippen molar-refractivity contribution >= 4 is 16.1 Å². The van der Waals surface area contributed by atoms with Crippen LogP contribution in [0.15, 0.2) is 41.3 Å². The predicted molar refractivity (Wildman–Crippen MR) is 72.6 cm³/mol. The second-order valence-electron chi connectivity index (χ2n) is 5.04. The average molecular weight is 293 g/mol. The summed E-state index contributed by atoms with van der Waals surface area (Å²) < 4.78 is 31.2. The number of amides is 1. The third-order valence-corrected chi connectivity index (χ3v) is 5.44. The van der Waals surface area contributed by atoms with Gasteiger partial charge in [-0.05, 0) is 38.0 Å². The first kappa shape index (κ1) is 13.2. The standard InChI is InChI=1S/C14H15NO4S/c1-10-6-8-11(9-7-10)20(17,18)15-12-4-2-3-5-13(12)19-14(15)16/h3,5-9,12-13H,2,4H2,1H3/t12-,13+/m0/s1. The topological polar surface area (TPSA) is 63.7 Å². The molecule has 0 saturated carbocycles. The van der Waals surface area contributed by atoms with Crippen molar-refractivity contribution in [1.29, 1.82) is 0 Å². The van der Waals surface area contributed by atoms with Crippen LogP contribution in [-0.4, -0.2) is 31.0 Å². The van der Waals surface area contributed by atoms with Crippen molar-refractivity contribution in [1.82, 2.24) is 4.31 Å². The Morgan fingerprint density at radius 1 is 1.25 bits per heavy atom. The summed E-state index contributed by atoms with van der Waals surface area (Å²) in [6, 6.07) is 6.03. The molecule has 1 aliphatic carbocycles. The van der Waals surface area contributed by atoms with Gasteiger partial charge >= 0.3 is 6.09 Å². The third kappa shape index (κ3) is 2.00. The van der Waals surface area contributed by atoms with Crippen LogP contribution >= 0.6 is 0 Å². The lowest BCUT2D eigenvalue weighted by molar-refractivity contribution is 0.149. The zero-order valence-corrected chi connectivity index (χ0v) is 11.8. The van der Waals surface area contributed by atoms with Gasteiger partial charge in [0.05, 0.1) is 10.9 Å². The van der Waals surface area contributed by atoms with Crippen LogP contribution in [0.5, 0.6) is 0 Å². The van der Waals surface area contributed by atoms with Gasteiger partial charge in [0.15, 0.2) is 0 Å². The third-order valence-electron chi connectivity index (χ3n) is 3.63. The lowest BCUT2D eigenvalue weighted by Gasteiger charge is -2.24. The SMILES string of the molecule is Cc1ccc(S(=O)(=O)N2C(=O)O[C@@H]3C=CCC[C@@H]32)cc1. The minimum atomic E-state index is -3.85. The van der Waals surface area contributed by atoms with Gasteiger partial charge in [-0.1, -0.05) is 23.8 Å². The molecule has 1 amide bonds. The van der Waals surface area contributed by atoms with Gasteiger partial charge in [0.1, 0.15) is 6.10 Å². The number of hydrogen-bond acceptors (Lipinski definition) is 4. The lowest BCUT2D eigenvalue weighted by Crippen LogP contribution is -2.41. The van der Waals surface area contributed by atoms with E-state index >= 15 is 0 Å². The highest BCUT2D eigenvalue weighted by molar-refractivity contribution is 7.89. The van der Waals surface area contributed by atoms with Crippen LogP contribution in [-0.2, 0) is 14.8 Å². The largest absolute Gasteiger partial charge is 0.439 e. The molecule has 3 rings (SSSR count). The smallest absolute Gasteiger partial charge is 0.424 e. The Kier molecular flexibility index (Phi) is 3.05. The maximum absolute atomic E-state index is 12.6. The number of benzene rings is 1. The van der Waals surface area contributed by atoms with E-state index in [4.69, 9.17) is 4.74 Å². The molecular formula is C14H15NO4S. The number of carbonyl (C=O) groups is 1. The van der Waals surface area contributed by atoms with E-state index in [1.807, 2.05) is 13.0 Å². The van der Waals surface area contributed by atoms with Gasteiger partial charge in [0.25, 0.3) is 10.0 Å². The maximum atomic E-state index is 12.6. The number of fused-ring (bicyclic) bond motifs is 1. The Morgan fingerprint density at radius 3 is 2.65 bits per heavy atom. The highest BCUT2D eigenvalue weighted by Gasteiger charge is 2.48. The van der Waals surface area contributed by atoms with Gasteiger partial charge < -0.3 is 4.74 Å². The summed E-state index contributed by atoms with van der Waals surface area (Å²) in [5.41, 5.74) is 0.964. The second-order valence-corrected chi connectivity index (χ2v) is 6.85. The summed E-state index contributed by atoms with van der Waals surface area (Å²) in [5.74, 6) is 0. The molecule has 0 spiro atoms. The first-order valence-electron chi connectivity index (χ1n) is 6.48. The summed E-state index contributed by atoms with van der Waals surface area (Å²) in [7, 11) is -3.85. The van der Waals surface area contributed by atoms with Crippen LogP contribution < -0.4 is 0 Å². The molecule has 5 nitrogen and oxygen atoms in total. The van der Waals surface area contributed by atoms with E-state index in [0.29, 0.717) is 6.42 Å². The van der Waals surface area contributed by atoms with E-state index in [1.54, 1.807) is 18.2 Å². The Labute approximate surface area is 117 Å². The Morgan fingerprint density at radius 2 is 1.95 bits per heavy atom. The molecule has 1 aromatic carbocycles. The van der Waals surface area contributed by atoms with E-state index < -0.39 is 28.3 Å². The molecule has 1 aliphatic heterocycles. The summed E-state index contributed by atoms with van der Waals surface area (Å²) >= 11 is 0. The molecule has 20 heavy (non-hydrogen) atoms. The van der Waals surface area contributed by atoms with Crippen LogP contribution in [0.1, 0.15) is 18.4 Å².